The van der Waals surface area contributed by atoms with E-state index in [1.165, 1.54) is 16.7 Å². The molecule has 0 spiro atoms. The fourth-order valence-electron chi connectivity index (χ4n) is 1.92. The number of nitrogens with one attached hydrogen (secondary N) is 1. The molecule has 3 heteroatoms. The summed E-state index contributed by atoms with van der Waals surface area (Å²) in [6, 6.07) is 19.0. The van der Waals surface area contributed by atoms with Crippen LogP contribution in [0.4, 0.5) is 0 Å². The highest BCUT2D eigenvalue weighted by atomic mass is 35.5. The number of nitrogens with zero attached hydrogens (tertiary/aromatic N) is 1. The van der Waals surface area contributed by atoms with Gasteiger partial charge in [0.1, 0.15) is 5.84 Å². The average Bonchev–Trinajstić information content (AvgIpc) is 2.46. The zero-order valence-corrected chi connectivity index (χ0v) is 12.1. The molecule has 0 aromatic heterocycles. The Kier molecular flexibility index (Phi) is 6.10. The fourth-order valence-corrected chi connectivity index (χ4v) is 1.92. The van der Waals surface area contributed by atoms with E-state index in [0.717, 1.165) is 12.3 Å². The lowest BCUT2D eigenvalue weighted by molar-refractivity contribution is 1.08. The second kappa shape index (κ2) is 7.59. The minimum absolute atomic E-state index is 0. The number of amidine groups is 1. The zero-order chi connectivity index (χ0) is 12.8. The highest BCUT2D eigenvalue weighted by Crippen LogP contribution is 2.19. The van der Waals surface area contributed by atoms with Crippen molar-refractivity contribution in [2.45, 2.75) is 6.42 Å². The second-order valence-corrected chi connectivity index (χ2v) is 4.16. The maximum absolute atomic E-state index is 4.19. The molecule has 0 saturated heterocycles. The van der Waals surface area contributed by atoms with Crippen molar-refractivity contribution in [3.05, 3.63) is 60.2 Å². The second-order valence-electron chi connectivity index (χ2n) is 4.16. The van der Waals surface area contributed by atoms with Gasteiger partial charge in [0, 0.05) is 20.5 Å². The monoisotopic (exact) mass is 274 g/mol. The van der Waals surface area contributed by atoms with Crippen LogP contribution in [0.2, 0.25) is 0 Å². The molecule has 0 saturated carbocycles. The van der Waals surface area contributed by atoms with Gasteiger partial charge in [-0.15, -0.1) is 12.4 Å². The number of likely N-dealkylation sites (N-methyl/N-ethyl adjacent to an activating group) is 1. The van der Waals surface area contributed by atoms with Crippen LogP contribution in [-0.2, 0) is 6.42 Å². The van der Waals surface area contributed by atoms with Gasteiger partial charge in [-0.25, -0.2) is 0 Å². The summed E-state index contributed by atoms with van der Waals surface area (Å²) < 4.78 is 0. The Morgan fingerprint density at radius 1 is 0.947 bits per heavy atom. The molecular formula is C16H19ClN2. The predicted molar refractivity (Wildman–Crippen MR) is 85.2 cm³/mol. The summed E-state index contributed by atoms with van der Waals surface area (Å²) in [5, 5.41) is 3.10. The van der Waals surface area contributed by atoms with Gasteiger partial charge in [0.15, 0.2) is 0 Å². The normalized spacial score (nSPS) is 10.7. The third-order valence-corrected chi connectivity index (χ3v) is 2.99. The van der Waals surface area contributed by atoms with Crippen LogP contribution in [0.3, 0.4) is 0 Å². The van der Waals surface area contributed by atoms with Crippen molar-refractivity contribution in [1.82, 2.24) is 5.32 Å². The summed E-state index contributed by atoms with van der Waals surface area (Å²) in [7, 11) is 3.71. The lowest BCUT2D eigenvalue weighted by atomic mass is 10.0. The van der Waals surface area contributed by atoms with E-state index in [1.807, 2.05) is 20.2 Å². The van der Waals surface area contributed by atoms with E-state index in [1.54, 1.807) is 0 Å². The summed E-state index contributed by atoms with van der Waals surface area (Å²) >= 11 is 0. The van der Waals surface area contributed by atoms with Crippen LogP contribution >= 0.6 is 12.4 Å². The van der Waals surface area contributed by atoms with Crippen LogP contribution in [0.15, 0.2) is 59.6 Å². The van der Waals surface area contributed by atoms with Gasteiger partial charge in [-0.1, -0.05) is 54.6 Å². The maximum atomic E-state index is 4.19. The van der Waals surface area contributed by atoms with E-state index in [-0.39, 0.29) is 12.4 Å². The number of rotatable bonds is 3. The Morgan fingerprint density at radius 2 is 1.53 bits per heavy atom. The van der Waals surface area contributed by atoms with Crippen LogP contribution in [0.5, 0.6) is 0 Å². The van der Waals surface area contributed by atoms with Gasteiger partial charge >= 0.3 is 0 Å². The smallest absolute Gasteiger partial charge is 0.100 e. The highest BCUT2D eigenvalue weighted by Gasteiger charge is 2.00. The van der Waals surface area contributed by atoms with Crippen LogP contribution in [0, 0.1) is 0 Å². The largest absolute Gasteiger partial charge is 0.377 e. The molecule has 0 fully saturated rings. The van der Waals surface area contributed by atoms with Gasteiger partial charge in [-0.05, 0) is 16.7 Å². The Bertz CT molecular complexity index is 518. The Hall–Kier alpha value is -1.80. The molecule has 0 aliphatic rings. The summed E-state index contributed by atoms with van der Waals surface area (Å²) in [5.41, 5.74) is 3.77. The molecule has 19 heavy (non-hydrogen) atoms. The third-order valence-electron chi connectivity index (χ3n) is 2.99. The number of halogens is 1. The van der Waals surface area contributed by atoms with Crippen molar-refractivity contribution >= 4 is 18.2 Å². The summed E-state index contributed by atoms with van der Waals surface area (Å²) in [5.74, 6) is 1.00. The highest BCUT2D eigenvalue weighted by molar-refractivity contribution is 5.85. The van der Waals surface area contributed by atoms with Gasteiger partial charge in [-0.3, -0.25) is 4.99 Å². The molecule has 100 valence electrons. The molecule has 0 aliphatic carbocycles. The van der Waals surface area contributed by atoms with Gasteiger partial charge in [-0.2, -0.15) is 0 Å². The van der Waals surface area contributed by atoms with E-state index in [0.29, 0.717) is 0 Å². The quantitative estimate of drug-likeness (QED) is 0.672. The van der Waals surface area contributed by atoms with E-state index in [2.05, 4.69) is 58.8 Å². The van der Waals surface area contributed by atoms with Gasteiger partial charge in [0.05, 0.1) is 0 Å². The SMILES string of the molecule is CN=C(Cc1ccc(-c2ccccc2)cc1)NC.Cl. The predicted octanol–water partition coefficient (Wildman–Crippen LogP) is 3.57. The van der Waals surface area contributed by atoms with Crippen LogP contribution in [0.25, 0.3) is 11.1 Å². The van der Waals surface area contributed by atoms with Crippen LogP contribution in [-0.4, -0.2) is 19.9 Å². The Balaban J connectivity index is 0.00000180. The topological polar surface area (TPSA) is 24.4 Å². The number of benzene rings is 2. The fraction of sp³-hybridized carbons (Fsp3) is 0.188. The molecule has 0 heterocycles. The summed E-state index contributed by atoms with van der Waals surface area (Å²) in [4.78, 5) is 4.19. The van der Waals surface area contributed by atoms with Gasteiger partial charge < -0.3 is 5.32 Å². The molecule has 0 radical (unpaired) electrons. The van der Waals surface area contributed by atoms with Crippen molar-refractivity contribution < 1.29 is 0 Å². The minimum atomic E-state index is 0. The average molecular weight is 275 g/mol. The molecule has 0 atom stereocenters. The maximum Gasteiger partial charge on any atom is 0.100 e. The van der Waals surface area contributed by atoms with E-state index >= 15 is 0 Å². The molecule has 1 N–H and O–H groups in total. The molecule has 2 aromatic rings. The Morgan fingerprint density at radius 3 is 2.05 bits per heavy atom. The van der Waals surface area contributed by atoms with Crippen molar-refractivity contribution in [2.24, 2.45) is 4.99 Å². The van der Waals surface area contributed by atoms with E-state index < -0.39 is 0 Å². The molecule has 2 nitrogen and oxygen atoms in total. The first kappa shape index (κ1) is 15.3. The number of hydrogen-bond acceptors (Lipinski definition) is 1. The van der Waals surface area contributed by atoms with E-state index in [4.69, 9.17) is 0 Å². The molecule has 2 rings (SSSR count). The number of aliphatic imine (C=N–C) groups is 1. The lowest BCUT2D eigenvalue weighted by Gasteiger charge is -2.06. The first-order valence-corrected chi connectivity index (χ1v) is 6.11. The standard InChI is InChI=1S/C16H18N2.ClH/c1-17-16(18-2)12-13-8-10-15(11-9-13)14-6-4-3-5-7-14;/h3-11H,12H2,1-2H3,(H,17,18);1H. The third kappa shape index (κ3) is 4.11. The minimum Gasteiger partial charge on any atom is -0.377 e. The lowest BCUT2D eigenvalue weighted by Crippen LogP contribution is -2.20. The van der Waals surface area contributed by atoms with Crippen LogP contribution in [0.1, 0.15) is 5.56 Å². The van der Waals surface area contributed by atoms with E-state index in [9.17, 15) is 0 Å². The van der Waals surface area contributed by atoms with Crippen molar-refractivity contribution in [3.8, 4) is 11.1 Å². The Labute approximate surface area is 121 Å². The molecule has 0 aliphatic heterocycles. The molecule has 0 amide bonds. The van der Waals surface area contributed by atoms with Crippen molar-refractivity contribution in [1.29, 1.82) is 0 Å². The molecule has 0 bridgehead atoms. The molecule has 0 unspecified atom stereocenters. The first-order valence-electron chi connectivity index (χ1n) is 6.11. The van der Waals surface area contributed by atoms with Crippen molar-refractivity contribution in [3.63, 3.8) is 0 Å². The molecule has 2 aromatic carbocycles. The van der Waals surface area contributed by atoms with Crippen LogP contribution < -0.4 is 5.32 Å². The van der Waals surface area contributed by atoms with Gasteiger partial charge in [0.25, 0.3) is 0 Å². The van der Waals surface area contributed by atoms with Crippen molar-refractivity contribution in [2.75, 3.05) is 14.1 Å². The molecular weight excluding hydrogens is 256 g/mol. The van der Waals surface area contributed by atoms with Gasteiger partial charge in [0.2, 0.25) is 0 Å². The summed E-state index contributed by atoms with van der Waals surface area (Å²) in [6.45, 7) is 0. The first-order chi connectivity index (χ1) is 8.83. The zero-order valence-electron chi connectivity index (χ0n) is 11.3. The summed E-state index contributed by atoms with van der Waals surface area (Å²) in [6.07, 6.45) is 0.849. The number of hydrogen-bond donors (Lipinski definition) is 1.